The van der Waals surface area contributed by atoms with Crippen molar-refractivity contribution < 1.29 is 23.1 Å². The molecule has 1 saturated carbocycles. The van der Waals surface area contributed by atoms with Gasteiger partial charge >= 0.3 is 5.97 Å². The molecule has 3 aromatic rings. The fraction of sp³-hybridized carbons (Fsp3) is 0.259. The third-order valence-electron chi connectivity index (χ3n) is 6.57. The first-order chi connectivity index (χ1) is 16.7. The number of benzene rings is 3. The number of amides is 1. The van der Waals surface area contributed by atoms with Gasteiger partial charge in [-0.05, 0) is 57.6 Å². The summed E-state index contributed by atoms with van der Waals surface area (Å²) in [5, 5.41) is 12.4. The third-order valence-corrected chi connectivity index (χ3v) is 10.1. The minimum Gasteiger partial charge on any atom is -0.480 e. The summed E-state index contributed by atoms with van der Waals surface area (Å²) < 4.78 is 26.0. The molecule has 0 spiro atoms. The van der Waals surface area contributed by atoms with E-state index >= 15 is 0 Å². The molecular formula is C27H26BrNO5S. The van der Waals surface area contributed by atoms with Crippen LogP contribution in [-0.2, 0) is 25.8 Å². The van der Waals surface area contributed by atoms with Crippen molar-refractivity contribution in [3.63, 3.8) is 0 Å². The van der Waals surface area contributed by atoms with Crippen LogP contribution >= 0.6 is 15.9 Å². The topological polar surface area (TPSA) is 101 Å². The molecule has 1 fully saturated rings. The Labute approximate surface area is 213 Å². The van der Waals surface area contributed by atoms with Gasteiger partial charge in [0.1, 0.15) is 6.04 Å². The van der Waals surface area contributed by atoms with Gasteiger partial charge in [0.2, 0.25) is 5.91 Å². The lowest BCUT2D eigenvalue weighted by molar-refractivity contribution is -0.142. The van der Waals surface area contributed by atoms with Crippen LogP contribution in [0.15, 0.2) is 88.2 Å². The molecule has 0 aromatic heterocycles. The highest BCUT2D eigenvalue weighted by atomic mass is 79.9. The summed E-state index contributed by atoms with van der Waals surface area (Å²) in [7, 11) is -4.06. The van der Waals surface area contributed by atoms with E-state index in [0.29, 0.717) is 17.3 Å². The number of carboxylic acid groups (broad SMARTS) is 1. The lowest BCUT2D eigenvalue weighted by atomic mass is 9.99. The molecule has 4 rings (SSSR count). The fourth-order valence-corrected chi connectivity index (χ4v) is 7.68. The number of halogens is 1. The van der Waals surface area contributed by atoms with Crippen LogP contribution in [0.3, 0.4) is 0 Å². The maximum Gasteiger partial charge on any atom is 0.326 e. The van der Waals surface area contributed by atoms with Gasteiger partial charge in [0.25, 0.3) is 0 Å². The second kappa shape index (κ2) is 10.3. The van der Waals surface area contributed by atoms with Crippen molar-refractivity contribution in [2.24, 2.45) is 0 Å². The van der Waals surface area contributed by atoms with E-state index in [2.05, 4.69) is 21.2 Å². The molecule has 1 aliphatic rings. The van der Waals surface area contributed by atoms with Crippen LogP contribution in [0.2, 0.25) is 0 Å². The van der Waals surface area contributed by atoms with Crippen LogP contribution < -0.4 is 5.32 Å². The van der Waals surface area contributed by atoms with E-state index in [4.69, 9.17) is 0 Å². The highest BCUT2D eigenvalue weighted by Gasteiger charge is 2.54. The lowest BCUT2D eigenvalue weighted by Gasteiger charge is -2.29. The van der Waals surface area contributed by atoms with Crippen LogP contribution in [0.1, 0.15) is 31.2 Å². The molecular weight excluding hydrogens is 530 g/mol. The van der Waals surface area contributed by atoms with Gasteiger partial charge in [0, 0.05) is 10.9 Å². The number of rotatable bonds is 8. The number of carbonyl (C=O) groups is 2. The number of carboxylic acids is 1. The summed E-state index contributed by atoms with van der Waals surface area (Å²) in [6.07, 6.45) is 1.51. The van der Waals surface area contributed by atoms with E-state index in [1.54, 1.807) is 18.2 Å². The average molecular weight is 556 g/mol. The molecule has 6 nitrogen and oxygen atoms in total. The molecule has 0 aliphatic heterocycles. The zero-order valence-electron chi connectivity index (χ0n) is 19.0. The van der Waals surface area contributed by atoms with Gasteiger partial charge in [-0.25, -0.2) is 13.2 Å². The molecule has 0 radical (unpaired) electrons. The van der Waals surface area contributed by atoms with Gasteiger partial charge in [0.05, 0.1) is 4.90 Å². The first kappa shape index (κ1) is 25.1. The molecule has 35 heavy (non-hydrogen) atoms. The molecule has 1 atom stereocenters. The number of hydrogen-bond donors (Lipinski definition) is 2. The predicted molar refractivity (Wildman–Crippen MR) is 138 cm³/mol. The van der Waals surface area contributed by atoms with Gasteiger partial charge in [-0.2, -0.15) is 0 Å². The largest absolute Gasteiger partial charge is 0.480 e. The van der Waals surface area contributed by atoms with Crippen LogP contribution in [0.4, 0.5) is 0 Å². The average Bonchev–Trinajstić information content (AvgIpc) is 3.37. The monoisotopic (exact) mass is 555 g/mol. The van der Waals surface area contributed by atoms with Crippen LogP contribution in [-0.4, -0.2) is 36.2 Å². The molecule has 0 saturated heterocycles. The quantitative estimate of drug-likeness (QED) is 0.406. The first-order valence-corrected chi connectivity index (χ1v) is 13.7. The second-order valence-corrected chi connectivity index (χ2v) is 11.8. The molecule has 2 N–H and O–H groups in total. The first-order valence-electron chi connectivity index (χ1n) is 11.4. The number of sulfone groups is 1. The minimum atomic E-state index is -4.06. The Morgan fingerprint density at radius 2 is 1.46 bits per heavy atom. The van der Waals surface area contributed by atoms with Gasteiger partial charge in [-0.1, -0.05) is 79.6 Å². The van der Waals surface area contributed by atoms with Crippen molar-refractivity contribution in [3.05, 3.63) is 88.9 Å². The highest BCUT2D eigenvalue weighted by molar-refractivity contribution is 9.10. The van der Waals surface area contributed by atoms with Crippen molar-refractivity contribution in [3.8, 4) is 11.1 Å². The molecule has 0 bridgehead atoms. The Kier molecular flexibility index (Phi) is 7.42. The van der Waals surface area contributed by atoms with Crippen molar-refractivity contribution in [1.29, 1.82) is 0 Å². The number of hydrogen-bond acceptors (Lipinski definition) is 4. The normalized spacial score (nSPS) is 15.9. The van der Waals surface area contributed by atoms with E-state index in [1.165, 1.54) is 6.07 Å². The SMILES string of the molecule is O=C(O)[C@H](Cc1ccc(-c2ccccc2)cc1)NC(=O)C1(S(=O)(=O)c2ccccc2Br)CCCC1. The highest BCUT2D eigenvalue weighted by Crippen LogP contribution is 2.42. The summed E-state index contributed by atoms with van der Waals surface area (Å²) in [5.41, 5.74) is 2.77. The standard InChI is InChI=1S/C27H26BrNO5S/c28-22-10-4-5-11-24(22)35(33,34)27(16-6-7-17-27)26(32)29-23(25(30)31)18-19-12-14-21(15-13-19)20-8-2-1-3-9-20/h1-5,8-15,23H,6-7,16-18H2,(H,29,32)(H,30,31)/t23-/m0/s1. The lowest BCUT2D eigenvalue weighted by Crippen LogP contribution is -2.55. The van der Waals surface area contributed by atoms with E-state index in [9.17, 15) is 23.1 Å². The Balaban J connectivity index is 1.57. The Morgan fingerprint density at radius 1 is 0.886 bits per heavy atom. The van der Waals surface area contributed by atoms with E-state index in [0.717, 1.165) is 16.7 Å². The van der Waals surface area contributed by atoms with E-state index in [1.807, 2.05) is 54.6 Å². The van der Waals surface area contributed by atoms with E-state index in [-0.39, 0.29) is 24.2 Å². The van der Waals surface area contributed by atoms with Gasteiger partial charge in [-0.15, -0.1) is 0 Å². The van der Waals surface area contributed by atoms with Gasteiger partial charge in [0.15, 0.2) is 14.6 Å². The third kappa shape index (κ3) is 5.04. The summed E-state index contributed by atoms with van der Waals surface area (Å²) in [5.74, 6) is -1.96. The molecule has 0 heterocycles. The van der Waals surface area contributed by atoms with E-state index < -0.39 is 32.5 Å². The maximum atomic E-state index is 13.7. The molecule has 182 valence electrons. The smallest absolute Gasteiger partial charge is 0.326 e. The van der Waals surface area contributed by atoms with Crippen molar-refractivity contribution in [2.75, 3.05) is 0 Å². The fourth-order valence-electron chi connectivity index (χ4n) is 4.63. The van der Waals surface area contributed by atoms with Gasteiger partial charge in [-0.3, -0.25) is 4.79 Å². The zero-order valence-corrected chi connectivity index (χ0v) is 21.4. The summed E-state index contributed by atoms with van der Waals surface area (Å²) in [6, 6.07) is 22.4. The van der Waals surface area contributed by atoms with Crippen molar-refractivity contribution in [2.45, 2.75) is 47.8 Å². The van der Waals surface area contributed by atoms with Crippen LogP contribution in [0.25, 0.3) is 11.1 Å². The van der Waals surface area contributed by atoms with Crippen molar-refractivity contribution in [1.82, 2.24) is 5.32 Å². The maximum absolute atomic E-state index is 13.7. The Morgan fingerprint density at radius 3 is 2.06 bits per heavy atom. The Hall–Kier alpha value is -2.97. The van der Waals surface area contributed by atoms with Crippen molar-refractivity contribution >= 4 is 37.6 Å². The zero-order chi connectivity index (χ0) is 25.1. The second-order valence-electron chi connectivity index (χ2n) is 8.77. The number of nitrogens with one attached hydrogen (secondary N) is 1. The molecule has 0 unspecified atom stereocenters. The summed E-state index contributed by atoms with van der Waals surface area (Å²) in [4.78, 5) is 25.6. The van der Waals surface area contributed by atoms with Crippen LogP contribution in [0.5, 0.6) is 0 Å². The predicted octanol–water partition coefficient (Wildman–Crippen LogP) is 5.01. The van der Waals surface area contributed by atoms with Crippen LogP contribution in [0, 0.1) is 0 Å². The minimum absolute atomic E-state index is 0.0421. The summed E-state index contributed by atoms with van der Waals surface area (Å²) in [6.45, 7) is 0. The summed E-state index contributed by atoms with van der Waals surface area (Å²) >= 11 is 3.29. The molecule has 8 heteroatoms. The Bertz CT molecular complexity index is 1320. The number of aliphatic carboxylic acids is 1. The van der Waals surface area contributed by atoms with Gasteiger partial charge < -0.3 is 10.4 Å². The number of carbonyl (C=O) groups excluding carboxylic acids is 1. The molecule has 1 amide bonds. The molecule has 1 aliphatic carbocycles. The molecule has 3 aromatic carbocycles.